The smallest absolute Gasteiger partial charge is 0.358 e. The Morgan fingerprint density at radius 3 is 3.07 bits per heavy atom. The first-order valence-electron chi connectivity index (χ1n) is 4.61. The van der Waals surface area contributed by atoms with Crippen molar-refractivity contribution < 1.29 is 9.63 Å². The zero-order valence-electron chi connectivity index (χ0n) is 8.41. The van der Waals surface area contributed by atoms with Crippen LogP contribution in [0.4, 0.5) is 0 Å². The molecule has 1 heterocycles. The van der Waals surface area contributed by atoms with Crippen LogP contribution < -0.4 is 5.48 Å². The molecule has 0 aliphatic heterocycles. The minimum Gasteiger partial charge on any atom is -0.367 e. The van der Waals surface area contributed by atoms with Crippen molar-refractivity contribution in [3.63, 3.8) is 0 Å². The highest BCUT2D eigenvalue weighted by Crippen LogP contribution is 2.08. The second-order valence-corrected chi connectivity index (χ2v) is 2.84. The molecule has 1 N–H and O–H groups in total. The largest absolute Gasteiger partial charge is 0.367 e. The van der Waals surface area contributed by atoms with E-state index in [9.17, 15) is 4.79 Å². The molecule has 1 rings (SSSR count). The summed E-state index contributed by atoms with van der Waals surface area (Å²) >= 11 is 0. The lowest BCUT2D eigenvalue weighted by Gasteiger charge is -2.05. The van der Waals surface area contributed by atoms with E-state index in [1.54, 1.807) is 25.4 Å². The van der Waals surface area contributed by atoms with Gasteiger partial charge >= 0.3 is 5.97 Å². The van der Waals surface area contributed by atoms with Gasteiger partial charge in [-0.3, -0.25) is 4.98 Å². The van der Waals surface area contributed by atoms with Crippen molar-refractivity contribution in [1.29, 1.82) is 0 Å². The summed E-state index contributed by atoms with van der Waals surface area (Å²) in [4.78, 5) is 20.2. The van der Waals surface area contributed by atoms with Crippen LogP contribution in [0.3, 0.4) is 0 Å². The molecule has 0 aliphatic rings. The van der Waals surface area contributed by atoms with Crippen LogP contribution in [0.1, 0.15) is 29.4 Å². The monoisotopic (exact) mass is 194 g/mol. The minimum absolute atomic E-state index is 0.385. The molecular weight excluding hydrogens is 180 g/mol. The van der Waals surface area contributed by atoms with E-state index < -0.39 is 0 Å². The molecule has 0 unspecified atom stereocenters. The van der Waals surface area contributed by atoms with E-state index in [4.69, 9.17) is 0 Å². The number of hydroxylamine groups is 1. The van der Waals surface area contributed by atoms with Crippen molar-refractivity contribution in [1.82, 2.24) is 10.5 Å². The second kappa shape index (κ2) is 5.34. The summed E-state index contributed by atoms with van der Waals surface area (Å²) in [5.41, 5.74) is 3.68. The normalized spacial score (nSPS) is 9.86. The van der Waals surface area contributed by atoms with E-state index in [-0.39, 0.29) is 5.97 Å². The SMILES string of the molecule is CCCc1ncccc1C(=O)ONC. The number of carbonyl (C=O) groups is 1. The third kappa shape index (κ3) is 2.53. The average molecular weight is 194 g/mol. The molecule has 0 saturated carbocycles. The lowest BCUT2D eigenvalue weighted by atomic mass is 10.1. The number of carbonyl (C=O) groups excluding carboxylic acids is 1. The average Bonchev–Trinajstić information content (AvgIpc) is 2.19. The van der Waals surface area contributed by atoms with E-state index in [0.29, 0.717) is 5.56 Å². The molecule has 0 amide bonds. The first-order valence-corrected chi connectivity index (χ1v) is 4.61. The van der Waals surface area contributed by atoms with Crippen molar-refractivity contribution in [2.75, 3.05) is 7.05 Å². The summed E-state index contributed by atoms with van der Waals surface area (Å²) in [6, 6.07) is 3.45. The number of aromatic nitrogens is 1. The first kappa shape index (κ1) is 10.7. The van der Waals surface area contributed by atoms with Gasteiger partial charge in [0.1, 0.15) is 0 Å². The van der Waals surface area contributed by atoms with Crippen LogP contribution in [0.15, 0.2) is 18.3 Å². The van der Waals surface area contributed by atoms with Crippen LogP contribution >= 0.6 is 0 Å². The Bertz CT molecular complexity index is 313. The number of hydrogen-bond donors (Lipinski definition) is 1. The van der Waals surface area contributed by atoms with Crippen molar-refractivity contribution in [3.05, 3.63) is 29.6 Å². The third-order valence-electron chi connectivity index (χ3n) is 1.79. The lowest BCUT2D eigenvalue weighted by molar-refractivity contribution is 0.0308. The quantitative estimate of drug-likeness (QED) is 0.734. The highest BCUT2D eigenvalue weighted by Gasteiger charge is 2.12. The van der Waals surface area contributed by atoms with Crippen molar-refractivity contribution in [2.24, 2.45) is 0 Å². The molecule has 0 bridgehead atoms. The van der Waals surface area contributed by atoms with Crippen LogP contribution in [0, 0.1) is 0 Å². The first-order chi connectivity index (χ1) is 6.79. The summed E-state index contributed by atoms with van der Waals surface area (Å²) < 4.78 is 0. The molecule has 0 aromatic carbocycles. The van der Waals surface area contributed by atoms with E-state index in [1.807, 2.05) is 6.92 Å². The summed E-state index contributed by atoms with van der Waals surface area (Å²) in [6.07, 6.45) is 3.42. The predicted molar refractivity (Wildman–Crippen MR) is 52.7 cm³/mol. The molecular formula is C10H14N2O2. The van der Waals surface area contributed by atoms with Gasteiger partial charge < -0.3 is 4.84 Å². The molecule has 4 heteroatoms. The van der Waals surface area contributed by atoms with E-state index >= 15 is 0 Å². The fraction of sp³-hybridized carbons (Fsp3) is 0.400. The van der Waals surface area contributed by atoms with Gasteiger partial charge in [-0.05, 0) is 18.6 Å². The molecule has 0 saturated heterocycles. The van der Waals surface area contributed by atoms with Gasteiger partial charge in [0, 0.05) is 13.2 Å². The Kier molecular flexibility index (Phi) is 4.07. The molecule has 0 aliphatic carbocycles. The molecule has 76 valence electrons. The fourth-order valence-electron chi connectivity index (χ4n) is 1.21. The summed E-state index contributed by atoms with van der Waals surface area (Å²) in [7, 11) is 1.55. The van der Waals surface area contributed by atoms with Crippen LogP contribution in [0.2, 0.25) is 0 Å². The topological polar surface area (TPSA) is 51.2 Å². The van der Waals surface area contributed by atoms with Crippen LogP contribution in [0.5, 0.6) is 0 Å². The molecule has 0 radical (unpaired) electrons. The van der Waals surface area contributed by atoms with Crippen molar-refractivity contribution >= 4 is 5.97 Å². The van der Waals surface area contributed by atoms with Crippen molar-refractivity contribution in [3.8, 4) is 0 Å². The van der Waals surface area contributed by atoms with E-state index in [1.165, 1.54) is 0 Å². The zero-order chi connectivity index (χ0) is 10.4. The molecule has 1 aromatic heterocycles. The number of hydrogen-bond acceptors (Lipinski definition) is 4. The van der Waals surface area contributed by atoms with E-state index in [2.05, 4.69) is 15.3 Å². The number of aryl methyl sites for hydroxylation is 1. The van der Waals surface area contributed by atoms with Crippen molar-refractivity contribution in [2.45, 2.75) is 19.8 Å². The molecule has 1 aromatic rings. The Balaban J connectivity index is 2.88. The highest BCUT2D eigenvalue weighted by molar-refractivity contribution is 5.90. The molecule has 0 spiro atoms. The molecule has 0 fully saturated rings. The Morgan fingerprint density at radius 2 is 2.43 bits per heavy atom. The van der Waals surface area contributed by atoms with Gasteiger partial charge in [-0.15, -0.1) is 0 Å². The summed E-state index contributed by atoms with van der Waals surface area (Å²) in [6.45, 7) is 2.04. The van der Waals surface area contributed by atoms with Gasteiger partial charge in [0.15, 0.2) is 0 Å². The number of nitrogens with one attached hydrogen (secondary N) is 1. The Morgan fingerprint density at radius 1 is 1.64 bits per heavy atom. The Hall–Kier alpha value is -1.42. The van der Waals surface area contributed by atoms with Crippen LogP contribution in [0.25, 0.3) is 0 Å². The van der Waals surface area contributed by atoms with Gasteiger partial charge in [0.25, 0.3) is 0 Å². The van der Waals surface area contributed by atoms with Gasteiger partial charge in [-0.25, -0.2) is 4.79 Å². The molecule has 0 atom stereocenters. The van der Waals surface area contributed by atoms with E-state index in [0.717, 1.165) is 18.5 Å². The fourth-order valence-corrected chi connectivity index (χ4v) is 1.21. The lowest BCUT2D eigenvalue weighted by Crippen LogP contribution is -2.17. The number of nitrogens with zero attached hydrogens (tertiary/aromatic N) is 1. The minimum atomic E-state index is -0.385. The third-order valence-corrected chi connectivity index (χ3v) is 1.79. The zero-order valence-corrected chi connectivity index (χ0v) is 8.41. The second-order valence-electron chi connectivity index (χ2n) is 2.84. The maximum absolute atomic E-state index is 11.4. The number of pyridine rings is 1. The Labute approximate surface area is 83.3 Å². The summed E-state index contributed by atoms with van der Waals surface area (Å²) in [5, 5.41) is 0. The van der Waals surface area contributed by atoms with Gasteiger partial charge in [-0.1, -0.05) is 13.3 Å². The van der Waals surface area contributed by atoms with Gasteiger partial charge in [0.05, 0.1) is 11.3 Å². The molecule has 4 nitrogen and oxygen atoms in total. The molecule has 14 heavy (non-hydrogen) atoms. The maximum atomic E-state index is 11.4. The summed E-state index contributed by atoms with van der Waals surface area (Å²) in [5.74, 6) is -0.385. The van der Waals surface area contributed by atoms with Gasteiger partial charge in [-0.2, -0.15) is 5.48 Å². The van der Waals surface area contributed by atoms with Gasteiger partial charge in [0.2, 0.25) is 0 Å². The van der Waals surface area contributed by atoms with Crippen LogP contribution in [-0.4, -0.2) is 18.0 Å². The standard InChI is InChI=1S/C10H14N2O2/c1-3-5-9-8(6-4-7-12-9)10(13)14-11-2/h4,6-7,11H,3,5H2,1-2H3. The highest BCUT2D eigenvalue weighted by atomic mass is 16.7. The van der Waals surface area contributed by atoms with Crippen LogP contribution in [-0.2, 0) is 11.3 Å². The maximum Gasteiger partial charge on any atom is 0.358 e. The number of rotatable bonds is 4. The predicted octanol–water partition coefficient (Wildman–Crippen LogP) is 1.33.